The molecule has 0 atom stereocenters. The molecule has 0 saturated carbocycles. The van der Waals surface area contributed by atoms with Gasteiger partial charge >= 0.3 is 0 Å². The van der Waals surface area contributed by atoms with Crippen LogP contribution in [-0.2, 0) is 0 Å². The molecule has 56 heavy (non-hydrogen) atoms. The van der Waals surface area contributed by atoms with E-state index >= 15 is 0 Å². The summed E-state index contributed by atoms with van der Waals surface area (Å²) in [4.78, 5) is 10.2. The van der Waals surface area contributed by atoms with Gasteiger partial charge in [0.15, 0.2) is 0 Å². The maximum Gasteiger partial charge on any atom is 0.0979 e. The summed E-state index contributed by atoms with van der Waals surface area (Å²) in [6, 6.07) is 63.8. The smallest absolute Gasteiger partial charge is 0.0979 e. The Balaban J connectivity index is 0.893. The van der Waals surface area contributed by atoms with E-state index in [9.17, 15) is 0 Å². The number of fused-ring (bicyclic) bond motifs is 12. The lowest BCUT2D eigenvalue weighted by atomic mass is 9.97. The minimum absolute atomic E-state index is 0.875. The van der Waals surface area contributed by atoms with E-state index in [1.54, 1.807) is 0 Å². The van der Waals surface area contributed by atoms with Crippen LogP contribution >= 0.6 is 22.7 Å². The Morgan fingerprint density at radius 3 is 1.39 bits per heavy atom. The third-order valence-corrected chi connectivity index (χ3v) is 13.9. The second-order valence-electron chi connectivity index (χ2n) is 14.4. The van der Waals surface area contributed by atoms with Gasteiger partial charge in [-0.2, -0.15) is 0 Å². The van der Waals surface area contributed by atoms with Gasteiger partial charge in [0.2, 0.25) is 0 Å². The van der Waals surface area contributed by atoms with Crippen molar-refractivity contribution in [2.24, 2.45) is 0 Å². The maximum atomic E-state index is 5.20. The molecule has 0 aliphatic carbocycles. The molecule has 260 valence electrons. The summed E-state index contributed by atoms with van der Waals surface area (Å²) < 4.78 is 5.36. The lowest BCUT2D eigenvalue weighted by Gasteiger charge is -2.11. The fourth-order valence-corrected chi connectivity index (χ4v) is 11.3. The number of nitrogens with zero attached hydrogens (tertiary/aromatic N) is 2. The Bertz CT molecular complexity index is 3490. The molecular formula is C52H30N2S2. The molecule has 12 rings (SSSR count). The zero-order valence-electron chi connectivity index (χ0n) is 30.0. The van der Waals surface area contributed by atoms with Crippen molar-refractivity contribution in [2.75, 3.05) is 0 Å². The third kappa shape index (κ3) is 4.80. The van der Waals surface area contributed by atoms with Crippen LogP contribution in [0, 0.1) is 0 Å². The summed E-state index contributed by atoms with van der Waals surface area (Å²) >= 11 is 3.81. The zero-order valence-corrected chi connectivity index (χ0v) is 31.7. The van der Waals surface area contributed by atoms with Crippen molar-refractivity contribution in [1.29, 1.82) is 0 Å². The van der Waals surface area contributed by atoms with Crippen molar-refractivity contribution in [3.05, 3.63) is 182 Å². The van der Waals surface area contributed by atoms with Crippen LogP contribution in [-0.4, -0.2) is 9.97 Å². The Morgan fingerprint density at radius 2 is 0.750 bits per heavy atom. The van der Waals surface area contributed by atoms with Crippen molar-refractivity contribution >= 4 is 95.6 Å². The van der Waals surface area contributed by atoms with Gasteiger partial charge in [0.1, 0.15) is 0 Å². The first kappa shape index (κ1) is 31.6. The predicted molar refractivity (Wildman–Crippen MR) is 242 cm³/mol. The molecule has 0 amide bonds. The molecule has 3 heterocycles. The molecule has 0 aliphatic rings. The first-order valence-corrected chi connectivity index (χ1v) is 20.5. The van der Waals surface area contributed by atoms with Gasteiger partial charge in [-0.25, -0.2) is 4.98 Å². The molecule has 0 fully saturated rings. The van der Waals surface area contributed by atoms with Crippen LogP contribution < -0.4 is 0 Å². The van der Waals surface area contributed by atoms with Gasteiger partial charge in [-0.3, -0.25) is 4.98 Å². The predicted octanol–water partition coefficient (Wildman–Crippen LogP) is 15.3. The molecule has 0 saturated heterocycles. The minimum atomic E-state index is 0.875. The average Bonchev–Trinajstić information content (AvgIpc) is 3.86. The topological polar surface area (TPSA) is 25.8 Å². The molecule has 3 aromatic heterocycles. The van der Waals surface area contributed by atoms with Crippen molar-refractivity contribution in [2.45, 2.75) is 0 Å². The largest absolute Gasteiger partial charge is 0.252 e. The van der Waals surface area contributed by atoms with Crippen molar-refractivity contribution in [3.8, 4) is 44.6 Å². The van der Waals surface area contributed by atoms with E-state index in [0.29, 0.717) is 0 Å². The van der Waals surface area contributed by atoms with E-state index in [1.807, 2.05) is 28.9 Å². The van der Waals surface area contributed by atoms with Crippen molar-refractivity contribution in [3.63, 3.8) is 0 Å². The lowest BCUT2D eigenvalue weighted by molar-refractivity contribution is 1.31. The quantitative estimate of drug-likeness (QED) is 0.168. The van der Waals surface area contributed by atoms with Gasteiger partial charge in [-0.05, 0) is 39.1 Å². The minimum Gasteiger partial charge on any atom is -0.252 e. The van der Waals surface area contributed by atoms with E-state index in [1.165, 1.54) is 84.5 Å². The SMILES string of the molecule is c1ccc2c(c1)sc1c(-c3cccc4c3sc3c(-c5ccc(-c6ccc(-c7cnc8c9ccccc9c9ccccc9c8n7)cc6)cc5)cccc34)cccc12. The van der Waals surface area contributed by atoms with Gasteiger partial charge in [0.05, 0.1) is 22.9 Å². The molecule has 9 aromatic carbocycles. The standard InChI is InChI=1S/C52H30N2S2/c1-3-13-39-36(10-1)37-11-2-4-14-40(37)49-48(39)53-30-46(54-49)34-28-24-32(25-29-34)31-22-26-33(27-23-31)35-15-7-17-42-44-19-9-20-45(52(44)56-50(35)42)43-18-8-16-41-38-12-5-6-21-47(38)55-51(41)43/h1-30H. The number of hydrogen-bond acceptors (Lipinski definition) is 4. The molecule has 0 N–H and O–H groups in total. The Hall–Kier alpha value is -6.72. The number of thiophene rings is 2. The third-order valence-electron chi connectivity index (χ3n) is 11.4. The van der Waals surface area contributed by atoms with Crippen LogP contribution in [0.15, 0.2) is 182 Å². The molecule has 0 radical (unpaired) electrons. The fourth-order valence-electron chi connectivity index (χ4n) is 8.66. The summed E-state index contributed by atoms with van der Waals surface area (Å²) in [6.45, 7) is 0. The highest BCUT2D eigenvalue weighted by Crippen LogP contribution is 2.47. The van der Waals surface area contributed by atoms with E-state index in [-0.39, 0.29) is 0 Å². The van der Waals surface area contributed by atoms with Crippen LogP contribution in [0.1, 0.15) is 0 Å². The summed E-state index contributed by atoms with van der Waals surface area (Å²) in [5.74, 6) is 0. The van der Waals surface area contributed by atoms with Crippen LogP contribution in [0.4, 0.5) is 0 Å². The average molecular weight is 747 g/mol. The van der Waals surface area contributed by atoms with E-state index in [2.05, 4.69) is 176 Å². The summed E-state index contributed by atoms with van der Waals surface area (Å²) in [5, 5.41) is 9.97. The number of rotatable bonds is 4. The van der Waals surface area contributed by atoms with Gasteiger partial charge in [-0.1, -0.05) is 170 Å². The first-order valence-electron chi connectivity index (χ1n) is 18.9. The Labute approximate surface area is 330 Å². The molecule has 4 heteroatoms. The molecule has 12 aromatic rings. The highest BCUT2D eigenvalue weighted by Gasteiger charge is 2.17. The second-order valence-corrected chi connectivity index (χ2v) is 16.5. The molecule has 0 spiro atoms. The molecule has 2 nitrogen and oxygen atoms in total. The summed E-state index contributed by atoms with van der Waals surface area (Å²) in [5.41, 5.74) is 11.3. The highest BCUT2D eigenvalue weighted by atomic mass is 32.1. The summed E-state index contributed by atoms with van der Waals surface area (Å²) in [7, 11) is 0. The van der Waals surface area contributed by atoms with Gasteiger partial charge in [-0.15, -0.1) is 22.7 Å². The number of hydrogen-bond donors (Lipinski definition) is 0. The lowest BCUT2D eigenvalue weighted by Crippen LogP contribution is -1.92. The zero-order chi connectivity index (χ0) is 36.7. The Morgan fingerprint density at radius 1 is 0.304 bits per heavy atom. The second kappa shape index (κ2) is 12.4. The molecule has 0 unspecified atom stereocenters. The molecule has 0 aliphatic heterocycles. The van der Waals surface area contributed by atoms with Gasteiger partial charge in [0.25, 0.3) is 0 Å². The maximum absolute atomic E-state index is 5.20. The van der Waals surface area contributed by atoms with Gasteiger partial charge < -0.3 is 0 Å². The van der Waals surface area contributed by atoms with Crippen LogP contribution in [0.3, 0.4) is 0 Å². The summed E-state index contributed by atoms with van der Waals surface area (Å²) in [6.07, 6.45) is 1.91. The van der Waals surface area contributed by atoms with Crippen molar-refractivity contribution < 1.29 is 0 Å². The van der Waals surface area contributed by atoms with E-state index in [0.717, 1.165) is 33.1 Å². The van der Waals surface area contributed by atoms with E-state index in [4.69, 9.17) is 9.97 Å². The fraction of sp³-hybridized carbons (Fsp3) is 0. The molecule has 0 bridgehead atoms. The highest BCUT2D eigenvalue weighted by molar-refractivity contribution is 7.27. The number of benzene rings is 9. The van der Waals surface area contributed by atoms with Gasteiger partial charge in [0, 0.05) is 67.8 Å². The van der Waals surface area contributed by atoms with Crippen LogP contribution in [0.5, 0.6) is 0 Å². The van der Waals surface area contributed by atoms with Crippen LogP contribution in [0.2, 0.25) is 0 Å². The Kier molecular flexibility index (Phi) is 7.00. The normalized spacial score (nSPS) is 11.9. The van der Waals surface area contributed by atoms with Crippen molar-refractivity contribution in [1.82, 2.24) is 9.97 Å². The number of aromatic nitrogens is 2. The molecular weight excluding hydrogens is 717 g/mol. The monoisotopic (exact) mass is 746 g/mol. The van der Waals surface area contributed by atoms with Crippen LogP contribution in [0.25, 0.3) is 118 Å². The first-order chi connectivity index (χ1) is 27.8. The van der Waals surface area contributed by atoms with E-state index < -0.39 is 0 Å².